The van der Waals surface area contributed by atoms with Crippen molar-refractivity contribution in [1.82, 2.24) is 0 Å². The molecular weight excluding hydrogens is 148 g/mol. The zero-order valence-electron chi connectivity index (χ0n) is 5.65. The predicted molar refractivity (Wildman–Crippen MR) is 35.1 cm³/mol. The van der Waals surface area contributed by atoms with Crippen LogP contribution in [-0.4, -0.2) is 18.9 Å². The number of hydrogen-bond donors (Lipinski definition) is 0. The molecule has 0 spiro atoms. The number of hydrogen-bond acceptors (Lipinski definition) is 4. The lowest BCUT2D eigenvalue weighted by Crippen LogP contribution is -2.06. The lowest BCUT2D eigenvalue weighted by Gasteiger charge is -1.92. The van der Waals surface area contributed by atoms with E-state index in [-0.39, 0.29) is 24.6 Å². The highest BCUT2D eigenvalue weighted by Gasteiger charge is 2.07. The highest BCUT2D eigenvalue weighted by Crippen LogP contribution is 2.00. The van der Waals surface area contributed by atoms with Crippen molar-refractivity contribution < 1.29 is 18.7 Å². The van der Waals surface area contributed by atoms with Crippen molar-refractivity contribution in [2.75, 3.05) is 6.61 Å². The Bertz CT molecular complexity index is 237. The first kappa shape index (κ1) is 7.53. The van der Waals surface area contributed by atoms with Gasteiger partial charge in [-0.2, -0.15) is 0 Å². The molecule has 0 fully saturated rings. The van der Waals surface area contributed by atoms with Crippen LogP contribution in [0, 0.1) is 0 Å². The zero-order valence-corrected chi connectivity index (χ0v) is 5.65. The van der Waals surface area contributed by atoms with E-state index in [0.717, 1.165) is 0 Å². The predicted octanol–water partition coefficient (Wildman–Crippen LogP) is 0.635. The number of rotatable bonds is 4. The molecule has 0 saturated carbocycles. The molecule has 0 aliphatic heterocycles. The van der Waals surface area contributed by atoms with Crippen LogP contribution in [0.3, 0.4) is 0 Å². The van der Waals surface area contributed by atoms with Gasteiger partial charge in [-0.05, 0) is 12.1 Å². The monoisotopic (exact) mass is 154 g/mol. The lowest BCUT2D eigenvalue weighted by atomic mass is 10.3. The molecular formula is C7H6O4. The van der Waals surface area contributed by atoms with Gasteiger partial charge in [-0.25, -0.2) is 0 Å². The van der Waals surface area contributed by atoms with Gasteiger partial charge in [0.15, 0.2) is 12.4 Å². The highest BCUT2D eigenvalue weighted by molar-refractivity contribution is 5.94. The quantitative estimate of drug-likeness (QED) is 0.471. The summed E-state index contributed by atoms with van der Waals surface area (Å²) < 4.78 is 8.98. The summed E-state index contributed by atoms with van der Waals surface area (Å²) in [4.78, 5) is 20.6. The third-order valence-electron chi connectivity index (χ3n) is 1.08. The Morgan fingerprint density at radius 2 is 2.55 bits per heavy atom. The molecule has 0 saturated heterocycles. The number of ether oxygens (including phenoxy) is 1. The summed E-state index contributed by atoms with van der Waals surface area (Å²) in [6, 6.07) is 3.10. The number of furan rings is 1. The molecule has 0 radical (unpaired) electrons. The molecule has 4 heteroatoms. The number of ketones is 1. The molecule has 0 N–H and O–H groups in total. The van der Waals surface area contributed by atoms with Crippen LogP contribution in [0.1, 0.15) is 10.6 Å². The second kappa shape index (κ2) is 3.55. The molecule has 1 aromatic heterocycles. The Balaban J connectivity index is 2.49. The van der Waals surface area contributed by atoms with Crippen LogP contribution >= 0.6 is 0 Å². The van der Waals surface area contributed by atoms with E-state index in [2.05, 4.69) is 4.74 Å². The smallest absolute Gasteiger partial charge is 0.293 e. The van der Waals surface area contributed by atoms with Gasteiger partial charge in [-0.15, -0.1) is 0 Å². The standard InChI is InChI=1S/C7H6O4/c8-5-10-4-6(9)7-2-1-3-11-7/h1-3,5H,4H2. The van der Waals surface area contributed by atoms with E-state index in [1.54, 1.807) is 6.07 Å². The van der Waals surface area contributed by atoms with Crippen LogP contribution in [0.2, 0.25) is 0 Å². The molecule has 58 valence electrons. The van der Waals surface area contributed by atoms with Gasteiger partial charge in [0.25, 0.3) is 6.47 Å². The topological polar surface area (TPSA) is 56.5 Å². The molecule has 0 amide bonds. The van der Waals surface area contributed by atoms with Gasteiger partial charge in [-0.3, -0.25) is 9.59 Å². The first-order valence-corrected chi connectivity index (χ1v) is 2.96. The molecule has 0 aliphatic rings. The third-order valence-corrected chi connectivity index (χ3v) is 1.08. The van der Waals surface area contributed by atoms with Gasteiger partial charge in [0.1, 0.15) is 0 Å². The second-order valence-electron chi connectivity index (χ2n) is 1.81. The molecule has 0 aliphatic carbocycles. The molecule has 11 heavy (non-hydrogen) atoms. The van der Waals surface area contributed by atoms with E-state index in [9.17, 15) is 9.59 Å². The van der Waals surface area contributed by atoms with E-state index < -0.39 is 0 Å². The van der Waals surface area contributed by atoms with Gasteiger partial charge < -0.3 is 9.15 Å². The summed E-state index contributed by atoms with van der Waals surface area (Å²) in [6.07, 6.45) is 1.38. The summed E-state index contributed by atoms with van der Waals surface area (Å²) in [5, 5.41) is 0. The van der Waals surface area contributed by atoms with E-state index >= 15 is 0 Å². The number of carbonyl (C=O) groups excluding carboxylic acids is 2. The van der Waals surface area contributed by atoms with Crippen molar-refractivity contribution in [3.05, 3.63) is 24.2 Å². The number of carbonyl (C=O) groups is 2. The van der Waals surface area contributed by atoms with Crippen molar-refractivity contribution in [3.63, 3.8) is 0 Å². The van der Waals surface area contributed by atoms with Gasteiger partial charge in [0.2, 0.25) is 5.78 Å². The van der Waals surface area contributed by atoms with E-state index in [1.165, 1.54) is 12.3 Å². The molecule has 0 atom stereocenters. The fraction of sp³-hybridized carbons (Fsp3) is 0.143. The zero-order chi connectivity index (χ0) is 8.10. The molecule has 0 aromatic carbocycles. The molecule has 0 bridgehead atoms. The third kappa shape index (κ3) is 1.93. The van der Waals surface area contributed by atoms with E-state index in [1.807, 2.05) is 0 Å². The fourth-order valence-electron chi connectivity index (χ4n) is 0.618. The Morgan fingerprint density at radius 1 is 1.73 bits per heavy atom. The molecule has 4 nitrogen and oxygen atoms in total. The highest BCUT2D eigenvalue weighted by atomic mass is 16.5. The Hall–Kier alpha value is -1.58. The van der Waals surface area contributed by atoms with Crippen molar-refractivity contribution in [3.8, 4) is 0 Å². The van der Waals surface area contributed by atoms with Crippen LogP contribution in [0.25, 0.3) is 0 Å². The Labute approximate surface area is 62.8 Å². The summed E-state index contributed by atoms with van der Waals surface area (Å²) in [5.74, 6) is -0.144. The normalized spacial score (nSPS) is 9.09. The molecule has 1 heterocycles. The SMILES string of the molecule is O=COCC(=O)c1ccco1. The summed E-state index contributed by atoms with van der Waals surface area (Å²) in [7, 11) is 0. The maximum atomic E-state index is 10.9. The van der Waals surface area contributed by atoms with Gasteiger partial charge in [0.05, 0.1) is 6.26 Å². The van der Waals surface area contributed by atoms with Crippen LogP contribution in [0.15, 0.2) is 22.8 Å². The number of Topliss-reactive ketones (excluding diaryl/α,β-unsaturated/α-hetero) is 1. The van der Waals surface area contributed by atoms with Gasteiger partial charge >= 0.3 is 0 Å². The largest absolute Gasteiger partial charge is 0.461 e. The first-order valence-electron chi connectivity index (χ1n) is 2.96. The lowest BCUT2D eigenvalue weighted by molar-refractivity contribution is -0.127. The van der Waals surface area contributed by atoms with Crippen molar-refractivity contribution in [2.45, 2.75) is 0 Å². The van der Waals surface area contributed by atoms with Crippen LogP contribution in [0.5, 0.6) is 0 Å². The van der Waals surface area contributed by atoms with E-state index in [0.29, 0.717) is 0 Å². The molecule has 1 rings (SSSR count). The summed E-state index contributed by atoms with van der Waals surface area (Å²) in [6.45, 7) is -0.0438. The molecule has 1 aromatic rings. The van der Waals surface area contributed by atoms with Crippen LogP contribution in [0.4, 0.5) is 0 Å². The van der Waals surface area contributed by atoms with Crippen LogP contribution < -0.4 is 0 Å². The minimum atomic E-state index is -0.345. The molecule has 0 unspecified atom stereocenters. The van der Waals surface area contributed by atoms with Gasteiger partial charge in [0, 0.05) is 0 Å². The van der Waals surface area contributed by atoms with Crippen molar-refractivity contribution in [1.29, 1.82) is 0 Å². The summed E-state index contributed by atoms with van der Waals surface area (Å²) >= 11 is 0. The van der Waals surface area contributed by atoms with Crippen molar-refractivity contribution in [2.24, 2.45) is 0 Å². The average Bonchev–Trinajstić information content (AvgIpc) is 2.52. The average molecular weight is 154 g/mol. The fourth-order valence-corrected chi connectivity index (χ4v) is 0.618. The minimum absolute atomic E-state index is 0.201. The van der Waals surface area contributed by atoms with Crippen LogP contribution in [-0.2, 0) is 9.53 Å². The Kier molecular flexibility index (Phi) is 2.43. The maximum absolute atomic E-state index is 10.9. The summed E-state index contributed by atoms with van der Waals surface area (Å²) in [5.41, 5.74) is 0. The second-order valence-corrected chi connectivity index (χ2v) is 1.81. The van der Waals surface area contributed by atoms with E-state index in [4.69, 9.17) is 4.42 Å². The van der Waals surface area contributed by atoms with Crippen molar-refractivity contribution >= 4 is 12.3 Å². The van der Waals surface area contributed by atoms with Gasteiger partial charge in [-0.1, -0.05) is 0 Å². The maximum Gasteiger partial charge on any atom is 0.293 e. The Morgan fingerprint density at radius 3 is 3.09 bits per heavy atom. The first-order chi connectivity index (χ1) is 5.34. The minimum Gasteiger partial charge on any atom is -0.461 e.